The standard InChI is InChI=1S/C28H33NO2/c1-19-9-7-13-23-22(19)12-8-14-24(23)27-26(30-2)17-20-15-16-29(18-25(20)28(27)31-3)21-10-5-4-6-11-21/h7-9,12-14,17,21H,4-6,10-11,15-16,18H2,1-3H3. The van der Waals surface area contributed by atoms with Gasteiger partial charge in [-0.25, -0.2) is 0 Å². The Balaban J connectivity index is 1.66. The van der Waals surface area contributed by atoms with Crippen LogP contribution in [-0.2, 0) is 13.0 Å². The summed E-state index contributed by atoms with van der Waals surface area (Å²) < 4.78 is 12.1. The molecule has 3 nitrogen and oxygen atoms in total. The van der Waals surface area contributed by atoms with Crippen LogP contribution in [0.25, 0.3) is 21.9 Å². The van der Waals surface area contributed by atoms with Gasteiger partial charge in [0.2, 0.25) is 0 Å². The molecule has 1 aliphatic carbocycles. The van der Waals surface area contributed by atoms with Gasteiger partial charge in [-0.3, -0.25) is 4.90 Å². The fourth-order valence-corrected chi connectivity index (χ4v) is 5.75. The number of ether oxygens (including phenoxy) is 2. The summed E-state index contributed by atoms with van der Waals surface area (Å²) in [5, 5.41) is 2.53. The second kappa shape index (κ2) is 8.55. The van der Waals surface area contributed by atoms with Crippen LogP contribution in [0.3, 0.4) is 0 Å². The molecule has 3 heteroatoms. The minimum Gasteiger partial charge on any atom is -0.496 e. The normalized spacial score (nSPS) is 17.5. The monoisotopic (exact) mass is 415 g/mol. The number of hydrogen-bond acceptors (Lipinski definition) is 3. The number of rotatable bonds is 4. The Kier molecular flexibility index (Phi) is 5.62. The Morgan fingerprint density at radius 2 is 1.68 bits per heavy atom. The molecule has 3 aromatic carbocycles. The highest BCUT2D eigenvalue weighted by atomic mass is 16.5. The minimum absolute atomic E-state index is 0.720. The Labute approximate surface area is 186 Å². The molecule has 1 aliphatic heterocycles. The van der Waals surface area contributed by atoms with Gasteiger partial charge >= 0.3 is 0 Å². The van der Waals surface area contributed by atoms with Gasteiger partial charge in [-0.05, 0) is 59.7 Å². The quantitative estimate of drug-likeness (QED) is 0.484. The molecule has 0 N–H and O–H groups in total. The van der Waals surface area contributed by atoms with Crippen molar-refractivity contribution in [2.45, 2.75) is 58.0 Å². The van der Waals surface area contributed by atoms with Crippen LogP contribution in [-0.4, -0.2) is 31.7 Å². The van der Waals surface area contributed by atoms with Gasteiger partial charge in [0.15, 0.2) is 0 Å². The van der Waals surface area contributed by atoms with Gasteiger partial charge in [-0.1, -0.05) is 55.7 Å². The van der Waals surface area contributed by atoms with E-state index in [1.807, 2.05) is 7.11 Å². The molecular weight excluding hydrogens is 382 g/mol. The first kappa shape index (κ1) is 20.4. The molecule has 0 spiro atoms. The van der Waals surface area contributed by atoms with E-state index in [0.29, 0.717) is 0 Å². The van der Waals surface area contributed by atoms with Crippen LogP contribution in [0, 0.1) is 6.92 Å². The van der Waals surface area contributed by atoms with Crippen LogP contribution in [0.2, 0.25) is 0 Å². The van der Waals surface area contributed by atoms with Crippen LogP contribution in [0.15, 0.2) is 42.5 Å². The molecule has 0 amide bonds. The van der Waals surface area contributed by atoms with Crippen LogP contribution in [0.1, 0.15) is 48.8 Å². The summed E-state index contributed by atoms with van der Waals surface area (Å²) in [6.45, 7) is 4.29. The largest absolute Gasteiger partial charge is 0.496 e. The second-order valence-electron chi connectivity index (χ2n) is 9.11. The Morgan fingerprint density at radius 3 is 2.45 bits per heavy atom. The van der Waals surface area contributed by atoms with Crippen LogP contribution < -0.4 is 9.47 Å². The average Bonchev–Trinajstić information content (AvgIpc) is 2.83. The summed E-state index contributed by atoms with van der Waals surface area (Å²) in [5.74, 6) is 1.90. The van der Waals surface area contributed by atoms with E-state index in [1.165, 1.54) is 65.1 Å². The summed E-state index contributed by atoms with van der Waals surface area (Å²) in [7, 11) is 3.59. The van der Waals surface area contributed by atoms with Crippen molar-refractivity contribution < 1.29 is 9.47 Å². The lowest BCUT2D eigenvalue weighted by molar-refractivity contribution is 0.139. The molecule has 0 radical (unpaired) electrons. The molecule has 162 valence electrons. The number of aryl methyl sites for hydroxylation is 1. The highest BCUT2D eigenvalue weighted by Crippen LogP contribution is 2.47. The van der Waals surface area contributed by atoms with E-state index < -0.39 is 0 Å². The molecule has 31 heavy (non-hydrogen) atoms. The van der Waals surface area contributed by atoms with E-state index in [-0.39, 0.29) is 0 Å². The zero-order valence-electron chi connectivity index (χ0n) is 19.0. The van der Waals surface area contributed by atoms with E-state index in [2.05, 4.69) is 54.3 Å². The van der Waals surface area contributed by atoms with Gasteiger partial charge in [-0.15, -0.1) is 0 Å². The van der Waals surface area contributed by atoms with E-state index >= 15 is 0 Å². The van der Waals surface area contributed by atoms with E-state index in [9.17, 15) is 0 Å². The highest BCUT2D eigenvalue weighted by Gasteiger charge is 2.30. The predicted molar refractivity (Wildman–Crippen MR) is 128 cm³/mol. The Bertz CT molecular complexity index is 1100. The fraction of sp³-hybridized carbons (Fsp3) is 0.429. The summed E-state index contributed by atoms with van der Waals surface area (Å²) in [6, 6.07) is 16.1. The van der Waals surface area contributed by atoms with Crippen molar-refractivity contribution in [1.82, 2.24) is 4.90 Å². The summed E-state index contributed by atoms with van der Waals surface area (Å²) in [6.07, 6.45) is 7.87. The molecule has 1 heterocycles. The highest BCUT2D eigenvalue weighted by molar-refractivity contribution is 6.01. The maximum Gasteiger partial charge on any atom is 0.135 e. The molecule has 1 fully saturated rings. The summed E-state index contributed by atoms with van der Waals surface area (Å²) in [4.78, 5) is 2.70. The van der Waals surface area contributed by atoms with Gasteiger partial charge < -0.3 is 9.47 Å². The maximum absolute atomic E-state index is 6.15. The third-order valence-electron chi connectivity index (χ3n) is 7.39. The predicted octanol–water partition coefficient (Wildman–Crippen LogP) is 6.52. The average molecular weight is 416 g/mol. The summed E-state index contributed by atoms with van der Waals surface area (Å²) in [5.41, 5.74) is 6.29. The molecule has 0 saturated heterocycles. The summed E-state index contributed by atoms with van der Waals surface area (Å²) >= 11 is 0. The van der Waals surface area contributed by atoms with E-state index in [0.717, 1.165) is 42.6 Å². The molecule has 0 atom stereocenters. The number of benzene rings is 3. The zero-order chi connectivity index (χ0) is 21.4. The molecule has 0 unspecified atom stereocenters. The number of nitrogens with zero attached hydrogens (tertiary/aromatic N) is 1. The van der Waals surface area contributed by atoms with Crippen LogP contribution in [0.4, 0.5) is 0 Å². The number of methoxy groups -OCH3 is 2. The lowest BCUT2D eigenvalue weighted by Gasteiger charge is -2.38. The molecular formula is C28H33NO2. The first-order valence-electron chi connectivity index (χ1n) is 11.7. The van der Waals surface area contributed by atoms with Crippen molar-refractivity contribution >= 4 is 10.8 Å². The first-order chi connectivity index (χ1) is 15.2. The molecule has 0 aromatic heterocycles. The minimum atomic E-state index is 0.720. The van der Waals surface area contributed by atoms with E-state index in [4.69, 9.17) is 9.47 Å². The van der Waals surface area contributed by atoms with Gasteiger partial charge in [-0.2, -0.15) is 0 Å². The topological polar surface area (TPSA) is 21.7 Å². The molecule has 2 aliphatic rings. The molecule has 5 rings (SSSR count). The lowest BCUT2D eigenvalue weighted by atomic mass is 9.87. The molecule has 1 saturated carbocycles. The smallest absolute Gasteiger partial charge is 0.135 e. The van der Waals surface area contributed by atoms with Crippen molar-refractivity contribution in [1.29, 1.82) is 0 Å². The number of fused-ring (bicyclic) bond motifs is 2. The van der Waals surface area contributed by atoms with Crippen molar-refractivity contribution in [2.75, 3.05) is 20.8 Å². The van der Waals surface area contributed by atoms with Crippen LogP contribution >= 0.6 is 0 Å². The van der Waals surface area contributed by atoms with Crippen LogP contribution in [0.5, 0.6) is 11.5 Å². The first-order valence-corrected chi connectivity index (χ1v) is 11.7. The maximum atomic E-state index is 6.15. The molecule has 3 aromatic rings. The van der Waals surface area contributed by atoms with Crippen molar-refractivity contribution in [3.63, 3.8) is 0 Å². The Hall–Kier alpha value is -2.52. The number of hydrogen-bond donors (Lipinski definition) is 0. The van der Waals surface area contributed by atoms with Gasteiger partial charge in [0.1, 0.15) is 11.5 Å². The zero-order valence-corrected chi connectivity index (χ0v) is 19.0. The van der Waals surface area contributed by atoms with Gasteiger partial charge in [0, 0.05) is 24.7 Å². The van der Waals surface area contributed by atoms with E-state index in [1.54, 1.807) is 7.11 Å². The SMILES string of the molecule is COc1cc2c(c(OC)c1-c1cccc3c(C)cccc13)CN(C1CCCCC1)CC2. The second-order valence-corrected chi connectivity index (χ2v) is 9.11. The Morgan fingerprint density at radius 1 is 0.903 bits per heavy atom. The van der Waals surface area contributed by atoms with Crippen molar-refractivity contribution in [3.05, 3.63) is 59.2 Å². The van der Waals surface area contributed by atoms with Gasteiger partial charge in [0.25, 0.3) is 0 Å². The van der Waals surface area contributed by atoms with Gasteiger partial charge in [0.05, 0.1) is 19.8 Å². The molecule has 0 bridgehead atoms. The fourth-order valence-electron chi connectivity index (χ4n) is 5.75. The lowest BCUT2D eigenvalue weighted by Crippen LogP contribution is -2.40. The van der Waals surface area contributed by atoms with Crippen molar-refractivity contribution in [2.24, 2.45) is 0 Å². The van der Waals surface area contributed by atoms with Crippen molar-refractivity contribution in [3.8, 4) is 22.6 Å². The third-order valence-corrected chi connectivity index (χ3v) is 7.39. The third kappa shape index (κ3) is 3.59.